The topological polar surface area (TPSA) is 72.6 Å². The summed E-state index contributed by atoms with van der Waals surface area (Å²) in [6, 6.07) is 0. The number of hydrogen-bond acceptors (Lipinski definition) is 4. The summed E-state index contributed by atoms with van der Waals surface area (Å²) in [5, 5.41) is 0. The van der Waals surface area contributed by atoms with E-state index in [2.05, 4.69) is 0 Å². The molecule has 0 saturated heterocycles. The first kappa shape index (κ1) is 12.0. The zero-order chi connectivity index (χ0) is 11.3. The van der Waals surface area contributed by atoms with E-state index in [1.807, 2.05) is 0 Å². The fourth-order valence-corrected chi connectivity index (χ4v) is 1.36. The number of esters is 1. The number of amides is 1. The van der Waals surface area contributed by atoms with Crippen molar-refractivity contribution < 1.29 is 14.3 Å². The highest BCUT2D eigenvalue weighted by Gasteiger charge is 2.27. The highest BCUT2D eigenvalue weighted by atomic mass is 16.5. The molecule has 2 N–H and O–H groups in total. The Kier molecular flexibility index (Phi) is 4.55. The van der Waals surface area contributed by atoms with E-state index in [0.717, 1.165) is 12.8 Å². The fraction of sp³-hybridized carbons (Fsp3) is 0.800. The van der Waals surface area contributed by atoms with Gasteiger partial charge in [-0.3, -0.25) is 9.59 Å². The lowest BCUT2D eigenvalue weighted by Crippen LogP contribution is -2.41. The molecule has 1 saturated carbocycles. The van der Waals surface area contributed by atoms with Crippen LogP contribution in [0.5, 0.6) is 0 Å². The molecule has 0 bridgehead atoms. The van der Waals surface area contributed by atoms with Crippen LogP contribution in [0, 0.1) is 5.92 Å². The van der Waals surface area contributed by atoms with Crippen molar-refractivity contribution >= 4 is 11.9 Å². The first-order valence-corrected chi connectivity index (χ1v) is 5.30. The van der Waals surface area contributed by atoms with Crippen molar-refractivity contribution in [2.45, 2.75) is 19.8 Å². The van der Waals surface area contributed by atoms with Gasteiger partial charge < -0.3 is 15.4 Å². The molecular weight excluding hydrogens is 196 g/mol. The van der Waals surface area contributed by atoms with Gasteiger partial charge in [0.2, 0.25) is 5.91 Å². The fourth-order valence-electron chi connectivity index (χ4n) is 1.36. The van der Waals surface area contributed by atoms with Gasteiger partial charge in [-0.25, -0.2) is 0 Å². The van der Waals surface area contributed by atoms with E-state index in [4.69, 9.17) is 10.5 Å². The molecule has 0 aromatic rings. The molecule has 0 unspecified atom stereocenters. The summed E-state index contributed by atoms with van der Waals surface area (Å²) in [7, 11) is 0. The van der Waals surface area contributed by atoms with Gasteiger partial charge >= 0.3 is 5.97 Å². The number of ether oxygens (including phenoxy) is 1. The van der Waals surface area contributed by atoms with E-state index in [-0.39, 0.29) is 25.0 Å². The van der Waals surface area contributed by atoms with Gasteiger partial charge in [0.25, 0.3) is 0 Å². The molecule has 0 radical (unpaired) electrons. The van der Waals surface area contributed by atoms with Gasteiger partial charge in [0.15, 0.2) is 0 Å². The average Bonchev–Trinajstić information content (AvgIpc) is 3.00. The normalized spacial score (nSPS) is 14.8. The molecule has 15 heavy (non-hydrogen) atoms. The Morgan fingerprint density at radius 1 is 1.47 bits per heavy atom. The molecule has 1 aliphatic rings. The molecule has 0 aromatic heterocycles. The van der Waals surface area contributed by atoms with Crippen LogP contribution in [0.1, 0.15) is 19.8 Å². The molecule has 0 atom stereocenters. The molecule has 1 aliphatic carbocycles. The Hall–Kier alpha value is -1.10. The summed E-state index contributed by atoms with van der Waals surface area (Å²) >= 11 is 0. The Balaban J connectivity index is 2.39. The van der Waals surface area contributed by atoms with Crippen LogP contribution in [0.25, 0.3) is 0 Å². The monoisotopic (exact) mass is 214 g/mol. The molecule has 0 aromatic carbocycles. The van der Waals surface area contributed by atoms with Gasteiger partial charge in [-0.2, -0.15) is 0 Å². The second kappa shape index (κ2) is 5.70. The minimum absolute atomic E-state index is 0.0281. The van der Waals surface area contributed by atoms with Crippen LogP contribution >= 0.6 is 0 Å². The van der Waals surface area contributed by atoms with Gasteiger partial charge in [-0.15, -0.1) is 0 Å². The summed E-state index contributed by atoms with van der Waals surface area (Å²) < 4.78 is 4.80. The largest absolute Gasteiger partial charge is 0.465 e. The maximum atomic E-state index is 11.4. The lowest BCUT2D eigenvalue weighted by Gasteiger charge is -2.20. The molecule has 0 aliphatic heterocycles. The quantitative estimate of drug-likeness (QED) is 0.619. The maximum absolute atomic E-state index is 11.4. The van der Waals surface area contributed by atoms with E-state index in [0.29, 0.717) is 19.1 Å². The molecule has 0 heterocycles. The van der Waals surface area contributed by atoms with Crippen LogP contribution < -0.4 is 5.73 Å². The third kappa shape index (κ3) is 4.29. The van der Waals surface area contributed by atoms with Crippen LogP contribution in [0.4, 0.5) is 0 Å². The molecule has 5 nitrogen and oxygen atoms in total. The van der Waals surface area contributed by atoms with Crippen molar-refractivity contribution in [3.63, 3.8) is 0 Å². The maximum Gasteiger partial charge on any atom is 0.325 e. The number of nitrogens with two attached hydrogens (primary N) is 1. The molecule has 1 rings (SSSR count). The number of nitrogens with zero attached hydrogens (tertiary/aromatic N) is 1. The molecule has 5 heteroatoms. The Morgan fingerprint density at radius 3 is 2.60 bits per heavy atom. The second-order valence-electron chi connectivity index (χ2n) is 3.73. The van der Waals surface area contributed by atoms with Gasteiger partial charge in [-0.05, 0) is 25.7 Å². The number of hydrogen-bond donors (Lipinski definition) is 1. The van der Waals surface area contributed by atoms with E-state index >= 15 is 0 Å². The van der Waals surface area contributed by atoms with Crippen molar-refractivity contribution in [2.75, 3.05) is 26.2 Å². The SMILES string of the molecule is CCOC(=O)CN(CC1CC1)C(=O)CN. The summed E-state index contributed by atoms with van der Waals surface area (Å²) in [5.41, 5.74) is 5.28. The lowest BCUT2D eigenvalue weighted by molar-refractivity contribution is -0.148. The number of carbonyl (C=O) groups excluding carboxylic acids is 2. The smallest absolute Gasteiger partial charge is 0.325 e. The predicted molar refractivity (Wildman–Crippen MR) is 55.0 cm³/mol. The van der Waals surface area contributed by atoms with Crippen LogP contribution in [0.2, 0.25) is 0 Å². The Labute approximate surface area is 89.6 Å². The molecular formula is C10H18N2O3. The summed E-state index contributed by atoms with van der Waals surface area (Å²) in [4.78, 5) is 24.1. The van der Waals surface area contributed by atoms with Crippen LogP contribution in [-0.4, -0.2) is 43.0 Å². The number of rotatable bonds is 6. The van der Waals surface area contributed by atoms with Gasteiger partial charge in [0, 0.05) is 6.54 Å². The van der Waals surface area contributed by atoms with E-state index in [1.54, 1.807) is 6.92 Å². The summed E-state index contributed by atoms with van der Waals surface area (Å²) in [6.45, 7) is 2.70. The first-order chi connectivity index (χ1) is 7.17. The zero-order valence-electron chi connectivity index (χ0n) is 9.07. The van der Waals surface area contributed by atoms with Crippen molar-refractivity contribution in [2.24, 2.45) is 11.7 Å². The Bertz CT molecular complexity index is 239. The van der Waals surface area contributed by atoms with Gasteiger partial charge in [0.05, 0.1) is 13.2 Å². The van der Waals surface area contributed by atoms with Gasteiger partial charge in [0.1, 0.15) is 6.54 Å². The van der Waals surface area contributed by atoms with Crippen molar-refractivity contribution in [1.82, 2.24) is 4.90 Å². The van der Waals surface area contributed by atoms with Crippen molar-refractivity contribution in [3.8, 4) is 0 Å². The number of carbonyl (C=O) groups is 2. The molecule has 1 amide bonds. The van der Waals surface area contributed by atoms with Crippen molar-refractivity contribution in [3.05, 3.63) is 0 Å². The summed E-state index contributed by atoms with van der Waals surface area (Å²) in [5.74, 6) is 0.00447. The average molecular weight is 214 g/mol. The second-order valence-corrected chi connectivity index (χ2v) is 3.73. The Morgan fingerprint density at radius 2 is 2.13 bits per heavy atom. The van der Waals surface area contributed by atoms with Crippen molar-refractivity contribution in [1.29, 1.82) is 0 Å². The van der Waals surface area contributed by atoms with E-state index < -0.39 is 0 Å². The van der Waals surface area contributed by atoms with Crippen LogP contribution in [-0.2, 0) is 14.3 Å². The standard InChI is InChI=1S/C10H18N2O3/c1-2-15-10(14)7-12(9(13)5-11)6-8-3-4-8/h8H,2-7,11H2,1H3. The highest BCUT2D eigenvalue weighted by molar-refractivity contribution is 5.83. The molecule has 0 spiro atoms. The third-order valence-corrected chi connectivity index (χ3v) is 2.33. The first-order valence-electron chi connectivity index (χ1n) is 5.30. The minimum Gasteiger partial charge on any atom is -0.465 e. The highest BCUT2D eigenvalue weighted by Crippen LogP contribution is 2.29. The molecule has 86 valence electrons. The zero-order valence-corrected chi connectivity index (χ0v) is 9.07. The van der Waals surface area contributed by atoms with Gasteiger partial charge in [-0.1, -0.05) is 0 Å². The van der Waals surface area contributed by atoms with E-state index in [1.165, 1.54) is 4.90 Å². The lowest BCUT2D eigenvalue weighted by atomic mass is 10.3. The third-order valence-electron chi connectivity index (χ3n) is 2.33. The van der Waals surface area contributed by atoms with Crippen LogP contribution in [0.15, 0.2) is 0 Å². The van der Waals surface area contributed by atoms with Crippen LogP contribution in [0.3, 0.4) is 0 Å². The summed E-state index contributed by atoms with van der Waals surface area (Å²) in [6.07, 6.45) is 2.27. The van der Waals surface area contributed by atoms with E-state index in [9.17, 15) is 9.59 Å². The minimum atomic E-state index is -0.361. The molecule has 1 fully saturated rings. The predicted octanol–water partition coefficient (Wildman–Crippen LogP) is -0.253.